The molecule has 2 aromatic carbocycles. The highest BCUT2D eigenvalue weighted by Crippen LogP contribution is 2.50. The Hall–Kier alpha value is -3.41. The Labute approximate surface area is 174 Å². The van der Waals surface area contributed by atoms with Gasteiger partial charge in [0.25, 0.3) is 0 Å². The van der Waals surface area contributed by atoms with Crippen molar-refractivity contribution in [2.45, 2.75) is 24.9 Å². The molecule has 0 amide bonds. The van der Waals surface area contributed by atoms with Gasteiger partial charge in [-0.1, -0.05) is 42.5 Å². The van der Waals surface area contributed by atoms with Crippen molar-refractivity contribution in [1.29, 1.82) is 0 Å². The highest BCUT2D eigenvalue weighted by Gasteiger charge is 2.50. The van der Waals surface area contributed by atoms with Crippen molar-refractivity contribution < 1.29 is 29.0 Å². The number of rotatable bonds is 7. The lowest BCUT2D eigenvalue weighted by Crippen LogP contribution is -2.17. The second-order valence-corrected chi connectivity index (χ2v) is 7.64. The first-order valence-electron chi connectivity index (χ1n) is 9.93. The Balaban J connectivity index is 1.53. The van der Waals surface area contributed by atoms with E-state index < -0.39 is 5.97 Å². The summed E-state index contributed by atoms with van der Waals surface area (Å²) in [5.74, 6) is -1.19. The second kappa shape index (κ2) is 8.53. The van der Waals surface area contributed by atoms with E-state index >= 15 is 0 Å². The first kappa shape index (κ1) is 19.9. The van der Waals surface area contributed by atoms with Gasteiger partial charge in [-0.15, -0.1) is 0 Å². The fourth-order valence-corrected chi connectivity index (χ4v) is 4.50. The molecular weight excluding hydrogens is 384 g/mol. The van der Waals surface area contributed by atoms with Crippen molar-refractivity contribution in [2.75, 3.05) is 6.61 Å². The van der Waals surface area contributed by atoms with E-state index in [4.69, 9.17) is 9.47 Å². The van der Waals surface area contributed by atoms with Crippen LogP contribution in [0.3, 0.4) is 0 Å². The van der Waals surface area contributed by atoms with Crippen LogP contribution in [0.15, 0.2) is 66.7 Å². The van der Waals surface area contributed by atoms with Crippen molar-refractivity contribution in [3.63, 3.8) is 0 Å². The largest absolute Gasteiger partial charge is 0.485 e. The molecule has 2 aromatic rings. The number of carboxylic acid groups (broad SMARTS) is 1. The zero-order valence-electron chi connectivity index (χ0n) is 16.3. The predicted molar refractivity (Wildman–Crippen MR) is 108 cm³/mol. The van der Waals surface area contributed by atoms with Crippen molar-refractivity contribution in [3.05, 3.63) is 77.9 Å². The van der Waals surface area contributed by atoms with Crippen LogP contribution >= 0.6 is 0 Å². The van der Waals surface area contributed by atoms with E-state index in [1.807, 2.05) is 24.3 Å². The van der Waals surface area contributed by atoms with Crippen molar-refractivity contribution >= 4 is 17.7 Å². The van der Waals surface area contributed by atoms with Gasteiger partial charge in [0.15, 0.2) is 12.4 Å². The maximum Gasteiger partial charge on any atom is 0.335 e. The molecule has 1 aliphatic heterocycles. The number of hydrogen-bond donors (Lipinski definition) is 1. The van der Waals surface area contributed by atoms with Crippen molar-refractivity contribution in [3.8, 4) is 5.75 Å². The SMILES string of the molecule is O=C(/C=C/[C@H]1[C@H]2CC(=O)O[C@H]2C[C@H]1c1ccccc1C(=O)O)COc1ccccc1. The third-order valence-electron chi connectivity index (χ3n) is 5.83. The van der Waals surface area contributed by atoms with Gasteiger partial charge in [0.1, 0.15) is 11.9 Å². The molecular formula is C24H22O6. The fraction of sp³-hybridized carbons (Fsp3) is 0.292. The zero-order valence-corrected chi connectivity index (χ0v) is 16.3. The van der Waals surface area contributed by atoms with E-state index in [9.17, 15) is 19.5 Å². The molecule has 1 heterocycles. The highest BCUT2D eigenvalue weighted by atomic mass is 16.6. The first-order valence-corrected chi connectivity index (χ1v) is 9.93. The topological polar surface area (TPSA) is 89.9 Å². The summed E-state index contributed by atoms with van der Waals surface area (Å²) < 4.78 is 10.9. The van der Waals surface area contributed by atoms with Gasteiger partial charge < -0.3 is 14.6 Å². The fourth-order valence-electron chi connectivity index (χ4n) is 4.50. The van der Waals surface area contributed by atoms with Gasteiger partial charge in [0.2, 0.25) is 0 Å². The number of hydrogen-bond acceptors (Lipinski definition) is 5. The van der Waals surface area contributed by atoms with E-state index in [-0.39, 0.29) is 54.2 Å². The van der Waals surface area contributed by atoms with Gasteiger partial charge in [0.05, 0.1) is 12.0 Å². The van der Waals surface area contributed by atoms with Gasteiger partial charge in [0, 0.05) is 5.92 Å². The number of fused-ring (bicyclic) bond motifs is 1. The molecule has 154 valence electrons. The van der Waals surface area contributed by atoms with E-state index in [0.29, 0.717) is 17.7 Å². The number of esters is 1. The normalized spacial score (nSPS) is 25.1. The lowest BCUT2D eigenvalue weighted by atomic mass is 9.81. The van der Waals surface area contributed by atoms with Gasteiger partial charge in [-0.25, -0.2) is 4.79 Å². The Morgan fingerprint density at radius 3 is 2.60 bits per heavy atom. The molecule has 6 nitrogen and oxygen atoms in total. The van der Waals surface area contributed by atoms with Gasteiger partial charge >= 0.3 is 11.9 Å². The third kappa shape index (κ3) is 4.13. The van der Waals surface area contributed by atoms with Crippen LogP contribution in [-0.4, -0.2) is 35.5 Å². The van der Waals surface area contributed by atoms with Crippen LogP contribution in [0.2, 0.25) is 0 Å². The quantitative estimate of drug-likeness (QED) is 0.558. The smallest absolute Gasteiger partial charge is 0.335 e. The number of ketones is 1. The molecule has 1 N–H and O–H groups in total. The highest BCUT2D eigenvalue weighted by molar-refractivity contribution is 5.91. The summed E-state index contributed by atoms with van der Waals surface area (Å²) in [4.78, 5) is 35.8. The minimum atomic E-state index is -0.991. The molecule has 4 rings (SSSR count). The summed E-state index contributed by atoms with van der Waals surface area (Å²) >= 11 is 0. The minimum Gasteiger partial charge on any atom is -0.485 e. The van der Waals surface area contributed by atoms with Gasteiger partial charge in [-0.3, -0.25) is 9.59 Å². The Morgan fingerprint density at radius 1 is 1.10 bits per heavy atom. The molecule has 2 aliphatic rings. The molecule has 0 spiro atoms. The lowest BCUT2D eigenvalue weighted by Gasteiger charge is -2.21. The second-order valence-electron chi connectivity index (χ2n) is 7.64. The minimum absolute atomic E-state index is 0.0663. The molecule has 0 bridgehead atoms. The molecule has 30 heavy (non-hydrogen) atoms. The maximum atomic E-state index is 12.3. The standard InChI is InChI=1S/C24H22O6/c25-15(14-29-16-6-2-1-3-7-16)10-11-18-20(12-22-21(18)13-23(26)30-22)17-8-4-5-9-19(17)24(27)28/h1-11,18,20-22H,12-14H2,(H,27,28)/b11-10+/t18-,20+,21-,22+/m1/s1. The number of carbonyl (C=O) groups excluding carboxylic acids is 2. The molecule has 4 atom stereocenters. The average molecular weight is 406 g/mol. The predicted octanol–water partition coefficient (Wildman–Crippen LogP) is 3.62. The van der Waals surface area contributed by atoms with E-state index in [1.165, 1.54) is 6.08 Å². The number of carboxylic acids is 1. The molecule has 6 heteroatoms. The van der Waals surface area contributed by atoms with Crippen molar-refractivity contribution in [2.24, 2.45) is 11.8 Å². The molecule has 0 radical (unpaired) electrons. The summed E-state index contributed by atoms with van der Waals surface area (Å²) in [7, 11) is 0. The van der Waals surface area contributed by atoms with Gasteiger partial charge in [-0.2, -0.15) is 0 Å². The maximum absolute atomic E-state index is 12.3. The summed E-state index contributed by atoms with van der Waals surface area (Å²) in [5.41, 5.74) is 0.948. The number of carbonyl (C=O) groups is 3. The third-order valence-corrected chi connectivity index (χ3v) is 5.83. The summed E-state index contributed by atoms with van der Waals surface area (Å²) in [6, 6.07) is 16.0. The number of benzene rings is 2. The van der Waals surface area contributed by atoms with E-state index in [2.05, 4.69) is 0 Å². The first-order chi connectivity index (χ1) is 14.5. The van der Waals surface area contributed by atoms with Crippen molar-refractivity contribution in [1.82, 2.24) is 0 Å². The van der Waals surface area contributed by atoms with E-state index in [1.54, 1.807) is 36.4 Å². The zero-order chi connectivity index (χ0) is 21.1. The van der Waals surface area contributed by atoms with Crippen LogP contribution in [-0.2, 0) is 14.3 Å². The Bertz CT molecular complexity index is 980. The number of aromatic carboxylic acids is 1. The van der Waals surface area contributed by atoms with Crippen LogP contribution in [0.4, 0.5) is 0 Å². The van der Waals surface area contributed by atoms with Crippen LogP contribution in [0.1, 0.15) is 34.7 Å². The van der Waals surface area contributed by atoms with Crippen LogP contribution in [0.25, 0.3) is 0 Å². The van der Waals surface area contributed by atoms with Crippen LogP contribution in [0, 0.1) is 11.8 Å². The van der Waals surface area contributed by atoms with Crippen LogP contribution in [0.5, 0.6) is 5.75 Å². The number of para-hydroxylation sites is 1. The molecule has 1 aliphatic carbocycles. The molecule has 2 fully saturated rings. The lowest BCUT2D eigenvalue weighted by molar-refractivity contribution is -0.141. The van der Waals surface area contributed by atoms with Crippen LogP contribution < -0.4 is 4.74 Å². The van der Waals surface area contributed by atoms with E-state index in [0.717, 1.165) is 0 Å². The Morgan fingerprint density at radius 2 is 1.83 bits per heavy atom. The molecule has 0 aromatic heterocycles. The molecule has 0 unspecified atom stereocenters. The molecule has 1 saturated carbocycles. The summed E-state index contributed by atoms with van der Waals surface area (Å²) in [5, 5.41) is 9.58. The summed E-state index contributed by atoms with van der Waals surface area (Å²) in [6.45, 7) is -0.0901. The Kier molecular flexibility index (Phi) is 5.65. The summed E-state index contributed by atoms with van der Waals surface area (Å²) in [6.07, 6.45) is 3.85. The monoisotopic (exact) mass is 406 g/mol. The number of allylic oxidation sites excluding steroid dienone is 1. The molecule has 1 saturated heterocycles. The average Bonchev–Trinajstić information content (AvgIpc) is 3.27. The number of ether oxygens (including phenoxy) is 2. The van der Waals surface area contributed by atoms with Gasteiger partial charge in [-0.05, 0) is 48.1 Å².